The monoisotopic (exact) mass is 237 g/mol. The van der Waals surface area contributed by atoms with Gasteiger partial charge in [0.2, 0.25) is 5.88 Å². The van der Waals surface area contributed by atoms with E-state index in [1.165, 1.54) is 6.07 Å². The van der Waals surface area contributed by atoms with E-state index in [1.807, 2.05) is 0 Å². The third kappa shape index (κ3) is 3.94. The van der Waals surface area contributed by atoms with E-state index in [0.717, 1.165) is 12.8 Å². The first-order valence-corrected chi connectivity index (χ1v) is 5.73. The average molecular weight is 237 g/mol. The molecular formula is C12H19N3O2. The predicted molar refractivity (Wildman–Crippen MR) is 66.7 cm³/mol. The summed E-state index contributed by atoms with van der Waals surface area (Å²) in [5.41, 5.74) is 11.4. The van der Waals surface area contributed by atoms with Gasteiger partial charge in [-0.2, -0.15) is 0 Å². The fourth-order valence-corrected chi connectivity index (χ4v) is 1.50. The molecule has 1 rings (SSSR count). The first-order chi connectivity index (χ1) is 8.04. The van der Waals surface area contributed by atoms with Crippen molar-refractivity contribution in [3.63, 3.8) is 0 Å². The lowest BCUT2D eigenvalue weighted by Crippen LogP contribution is -2.15. The highest BCUT2D eigenvalue weighted by atomic mass is 16.5. The summed E-state index contributed by atoms with van der Waals surface area (Å²) >= 11 is 0. The largest absolute Gasteiger partial charge is 0.476 e. The molecule has 0 spiro atoms. The fourth-order valence-electron chi connectivity index (χ4n) is 1.50. The maximum Gasteiger partial charge on any atom is 0.267 e. The third-order valence-electron chi connectivity index (χ3n) is 2.43. The van der Waals surface area contributed by atoms with Crippen molar-refractivity contribution in [1.82, 2.24) is 4.98 Å². The zero-order chi connectivity index (χ0) is 12.8. The van der Waals surface area contributed by atoms with Crippen LogP contribution in [0.25, 0.3) is 0 Å². The van der Waals surface area contributed by atoms with Crippen molar-refractivity contribution in [2.75, 3.05) is 12.3 Å². The van der Waals surface area contributed by atoms with Crippen molar-refractivity contribution in [2.45, 2.75) is 26.7 Å². The Labute approximate surface area is 101 Å². The quantitative estimate of drug-likeness (QED) is 0.785. The highest BCUT2D eigenvalue weighted by Crippen LogP contribution is 2.19. The Balaban J connectivity index is 2.69. The number of carbonyl (C=O) groups is 1. The van der Waals surface area contributed by atoms with E-state index in [9.17, 15) is 4.79 Å². The molecule has 1 aromatic heterocycles. The Hall–Kier alpha value is -1.78. The van der Waals surface area contributed by atoms with Crippen molar-refractivity contribution in [3.05, 3.63) is 17.8 Å². The minimum Gasteiger partial charge on any atom is -0.476 e. The number of carbonyl (C=O) groups excluding carboxylic acids is 1. The van der Waals surface area contributed by atoms with Crippen LogP contribution in [0.15, 0.2) is 12.1 Å². The van der Waals surface area contributed by atoms with Gasteiger partial charge >= 0.3 is 0 Å². The molecule has 94 valence electrons. The van der Waals surface area contributed by atoms with Crippen LogP contribution in [-0.4, -0.2) is 17.5 Å². The second kappa shape index (κ2) is 6.08. The van der Waals surface area contributed by atoms with Gasteiger partial charge in [-0.25, -0.2) is 4.98 Å². The van der Waals surface area contributed by atoms with Crippen molar-refractivity contribution in [1.29, 1.82) is 0 Å². The number of ether oxygens (including phenoxy) is 1. The molecule has 1 amide bonds. The zero-order valence-corrected chi connectivity index (χ0v) is 10.3. The zero-order valence-electron chi connectivity index (χ0n) is 10.3. The van der Waals surface area contributed by atoms with E-state index >= 15 is 0 Å². The summed E-state index contributed by atoms with van der Waals surface area (Å²) in [7, 11) is 0. The van der Waals surface area contributed by atoms with Gasteiger partial charge < -0.3 is 16.2 Å². The van der Waals surface area contributed by atoms with E-state index in [-0.39, 0.29) is 11.6 Å². The molecule has 5 nitrogen and oxygen atoms in total. The van der Waals surface area contributed by atoms with Gasteiger partial charge in [-0.3, -0.25) is 4.79 Å². The molecule has 5 heteroatoms. The molecule has 0 aliphatic carbocycles. The SMILES string of the molecule is CCCC(C)COc1nc(C(N)=O)ccc1N. The topological polar surface area (TPSA) is 91.2 Å². The molecular weight excluding hydrogens is 218 g/mol. The lowest BCUT2D eigenvalue weighted by Gasteiger charge is -2.13. The summed E-state index contributed by atoms with van der Waals surface area (Å²) in [5.74, 6) is 0.124. The first-order valence-electron chi connectivity index (χ1n) is 5.73. The number of anilines is 1. The number of amides is 1. The summed E-state index contributed by atoms with van der Waals surface area (Å²) in [6.07, 6.45) is 2.18. The molecule has 0 saturated carbocycles. The van der Waals surface area contributed by atoms with Crippen LogP contribution in [0.1, 0.15) is 37.2 Å². The summed E-state index contributed by atoms with van der Waals surface area (Å²) in [6.45, 7) is 4.75. The van der Waals surface area contributed by atoms with E-state index < -0.39 is 5.91 Å². The number of nitrogen functional groups attached to an aromatic ring is 1. The lowest BCUT2D eigenvalue weighted by atomic mass is 10.1. The minimum atomic E-state index is -0.587. The molecule has 0 aliphatic rings. The summed E-state index contributed by atoms with van der Waals surface area (Å²) in [4.78, 5) is 15.0. The van der Waals surface area contributed by atoms with Crippen LogP contribution in [0.3, 0.4) is 0 Å². The van der Waals surface area contributed by atoms with Crippen LogP contribution in [-0.2, 0) is 0 Å². The number of hydrogen-bond donors (Lipinski definition) is 2. The molecule has 1 aromatic rings. The molecule has 1 atom stereocenters. The second-order valence-corrected chi connectivity index (χ2v) is 4.16. The van der Waals surface area contributed by atoms with Crippen molar-refractivity contribution in [2.24, 2.45) is 11.7 Å². The summed E-state index contributed by atoms with van der Waals surface area (Å²) in [6, 6.07) is 3.06. The Morgan fingerprint density at radius 2 is 2.24 bits per heavy atom. The molecule has 0 aliphatic heterocycles. The molecule has 0 fully saturated rings. The number of rotatable bonds is 6. The van der Waals surface area contributed by atoms with Crippen LogP contribution >= 0.6 is 0 Å². The molecule has 0 radical (unpaired) electrons. The normalized spacial score (nSPS) is 12.1. The Bertz CT molecular complexity index is 393. The number of aromatic nitrogens is 1. The smallest absolute Gasteiger partial charge is 0.267 e. The highest BCUT2D eigenvalue weighted by Gasteiger charge is 2.09. The molecule has 0 aromatic carbocycles. The van der Waals surface area contributed by atoms with Crippen LogP contribution in [0.5, 0.6) is 5.88 Å². The van der Waals surface area contributed by atoms with E-state index in [4.69, 9.17) is 16.2 Å². The summed E-state index contributed by atoms with van der Waals surface area (Å²) < 4.78 is 5.50. The summed E-state index contributed by atoms with van der Waals surface area (Å²) in [5, 5.41) is 0. The van der Waals surface area contributed by atoms with Gasteiger partial charge in [0.05, 0.1) is 12.3 Å². The minimum absolute atomic E-state index is 0.164. The van der Waals surface area contributed by atoms with Crippen LogP contribution in [0.4, 0.5) is 5.69 Å². The maximum absolute atomic E-state index is 11.0. The number of hydrogen-bond acceptors (Lipinski definition) is 4. The Kier molecular flexibility index (Phi) is 4.75. The predicted octanol–water partition coefficient (Wildman–Crippen LogP) is 1.58. The third-order valence-corrected chi connectivity index (χ3v) is 2.43. The molecule has 0 bridgehead atoms. The van der Waals surface area contributed by atoms with Crippen molar-refractivity contribution < 1.29 is 9.53 Å². The highest BCUT2D eigenvalue weighted by molar-refractivity contribution is 5.91. The molecule has 1 unspecified atom stereocenters. The van der Waals surface area contributed by atoms with E-state index in [1.54, 1.807) is 6.07 Å². The van der Waals surface area contributed by atoms with Gasteiger partial charge in [0.15, 0.2) is 0 Å². The van der Waals surface area contributed by atoms with Gasteiger partial charge in [0.25, 0.3) is 5.91 Å². The number of nitrogens with two attached hydrogens (primary N) is 2. The van der Waals surface area contributed by atoms with Gasteiger partial charge in [-0.1, -0.05) is 20.3 Å². The number of primary amides is 1. The van der Waals surface area contributed by atoms with Crippen LogP contribution in [0, 0.1) is 5.92 Å². The van der Waals surface area contributed by atoms with Crippen LogP contribution in [0.2, 0.25) is 0 Å². The number of pyridine rings is 1. The van der Waals surface area contributed by atoms with E-state index in [0.29, 0.717) is 18.2 Å². The second-order valence-electron chi connectivity index (χ2n) is 4.16. The van der Waals surface area contributed by atoms with Crippen molar-refractivity contribution in [3.8, 4) is 5.88 Å². The van der Waals surface area contributed by atoms with Gasteiger partial charge in [0.1, 0.15) is 5.69 Å². The van der Waals surface area contributed by atoms with Crippen LogP contribution < -0.4 is 16.2 Å². The van der Waals surface area contributed by atoms with Gasteiger partial charge in [-0.15, -0.1) is 0 Å². The maximum atomic E-state index is 11.0. The molecule has 17 heavy (non-hydrogen) atoms. The molecule has 1 heterocycles. The fraction of sp³-hybridized carbons (Fsp3) is 0.500. The van der Waals surface area contributed by atoms with E-state index in [2.05, 4.69) is 18.8 Å². The first kappa shape index (κ1) is 13.3. The Morgan fingerprint density at radius 1 is 1.53 bits per heavy atom. The standard InChI is InChI=1S/C12H19N3O2/c1-3-4-8(2)7-17-12-9(13)5-6-10(15-12)11(14)16/h5-6,8H,3-4,7,13H2,1-2H3,(H2,14,16). The van der Waals surface area contributed by atoms with Crippen molar-refractivity contribution >= 4 is 11.6 Å². The molecule has 4 N–H and O–H groups in total. The molecule has 0 saturated heterocycles. The average Bonchev–Trinajstić information content (AvgIpc) is 2.28. The number of nitrogens with zero attached hydrogens (tertiary/aromatic N) is 1. The van der Waals surface area contributed by atoms with Gasteiger partial charge in [-0.05, 0) is 24.5 Å². The Morgan fingerprint density at radius 3 is 2.82 bits per heavy atom. The van der Waals surface area contributed by atoms with Gasteiger partial charge in [0, 0.05) is 0 Å². The lowest BCUT2D eigenvalue weighted by molar-refractivity contribution is 0.0994.